The van der Waals surface area contributed by atoms with Gasteiger partial charge in [-0.2, -0.15) is 15.5 Å². The lowest BCUT2D eigenvalue weighted by molar-refractivity contribution is 0.207. The first-order valence-electron chi connectivity index (χ1n) is 21.4. The highest BCUT2D eigenvalue weighted by atomic mass is 19.1. The van der Waals surface area contributed by atoms with Crippen LogP contribution in [0.5, 0.6) is 11.5 Å². The van der Waals surface area contributed by atoms with E-state index in [1.807, 2.05) is 36.9 Å². The fraction of sp³-hybridized carbons (Fsp3) is 0.245. The molecule has 6 aromatic heterocycles. The van der Waals surface area contributed by atoms with Gasteiger partial charge in [0.05, 0.1) is 41.3 Å². The molecule has 16 heteroatoms. The lowest BCUT2D eigenvalue weighted by Crippen LogP contribution is -2.16. The molecule has 1 aliphatic carbocycles. The fourth-order valence-corrected chi connectivity index (χ4v) is 9.31. The smallest absolute Gasteiger partial charge is 0.166 e. The van der Waals surface area contributed by atoms with Crippen LogP contribution < -0.4 is 20.9 Å². The van der Waals surface area contributed by atoms with Gasteiger partial charge in [-0.3, -0.25) is 14.3 Å². The number of nitrogens with zero attached hydrogens (tertiary/aromatic N) is 10. The predicted octanol–water partition coefficient (Wildman–Crippen LogP) is 8.47. The number of benzene rings is 2. The number of nitriles is 1. The van der Waals surface area contributed by atoms with E-state index in [1.165, 1.54) is 24.3 Å². The van der Waals surface area contributed by atoms with E-state index in [0.717, 1.165) is 58.6 Å². The van der Waals surface area contributed by atoms with Gasteiger partial charge in [0, 0.05) is 95.7 Å². The van der Waals surface area contributed by atoms with Crippen LogP contribution in [0.4, 0.5) is 20.4 Å². The molecular formula is C49H42F2N12O2. The summed E-state index contributed by atoms with van der Waals surface area (Å²) in [6.07, 6.45) is 10.2. The highest BCUT2D eigenvalue weighted by Gasteiger charge is 2.31. The van der Waals surface area contributed by atoms with Crippen LogP contribution in [0.1, 0.15) is 76.7 Å². The van der Waals surface area contributed by atoms with E-state index < -0.39 is 23.8 Å². The third kappa shape index (κ3) is 7.18. The maximum atomic E-state index is 15.7. The number of aryl methyl sites for hydroxylation is 2. The number of imidazole rings is 1. The molecule has 2 aliphatic heterocycles. The van der Waals surface area contributed by atoms with E-state index in [9.17, 15) is 5.26 Å². The van der Waals surface area contributed by atoms with Crippen LogP contribution in [0.3, 0.4) is 0 Å². The van der Waals surface area contributed by atoms with Crippen molar-refractivity contribution in [2.24, 2.45) is 13.0 Å². The first kappa shape index (κ1) is 39.9. The summed E-state index contributed by atoms with van der Waals surface area (Å²) in [5.41, 5.74) is 24.0. The summed E-state index contributed by atoms with van der Waals surface area (Å²) in [6, 6.07) is 17.0. The van der Waals surface area contributed by atoms with E-state index in [4.69, 9.17) is 36.1 Å². The van der Waals surface area contributed by atoms with Crippen LogP contribution in [0.15, 0.2) is 85.7 Å². The Bertz CT molecular complexity index is 3270. The molecule has 4 bridgehead atoms. The van der Waals surface area contributed by atoms with E-state index in [-0.39, 0.29) is 36.0 Å². The number of ether oxygens (including phenoxy) is 2. The Labute approximate surface area is 372 Å². The SMILES string of the molecule is Cc1nn(CC2CC2)c2c1Cc1cn(C)nc1-c1ccc(F)cc1[C@@H](Cc1cnc3c(c1)Cn1cnc(C#N)c1-c1cnc(N)c(c1)O[C@H](C)c1cc(F)ccc1-3)Oc1cc-2cnc1N. The van der Waals surface area contributed by atoms with Gasteiger partial charge >= 0.3 is 0 Å². The van der Waals surface area contributed by atoms with Crippen molar-refractivity contribution in [3.05, 3.63) is 142 Å². The molecule has 14 nitrogen and oxygen atoms in total. The number of fused-ring (bicyclic) bond motifs is 14. The molecule has 2 aromatic carbocycles. The zero-order valence-corrected chi connectivity index (χ0v) is 35.8. The molecule has 0 radical (unpaired) electrons. The molecule has 65 heavy (non-hydrogen) atoms. The van der Waals surface area contributed by atoms with Gasteiger partial charge in [-0.05, 0) is 92.3 Å². The number of nitrogen functional groups attached to an aromatic ring is 2. The second-order valence-corrected chi connectivity index (χ2v) is 17.2. The molecule has 0 spiro atoms. The first-order valence-corrected chi connectivity index (χ1v) is 21.4. The molecule has 2 atom stereocenters. The molecule has 3 aliphatic rings. The van der Waals surface area contributed by atoms with Crippen molar-refractivity contribution < 1.29 is 18.3 Å². The molecule has 324 valence electrons. The number of nitrogens with two attached hydrogens (primary N) is 2. The minimum absolute atomic E-state index is 0.141. The number of hydrogen-bond donors (Lipinski definition) is 2. The van der Waals surface area contributed by atoms with Gasteiger partial charge in [-0.25, -0.2) is 23.7 Å². The van der Waals surface area contributed by atoms with Crippen LogP contribution >= 0.6 is 0 Å². The van der Waals surface area contributed by atoms with Gasteiger partial charge < -0.3 is 25.5 Å². The molecule has 4 N–H and O–H groups in total. The largest absolute Gasteiger partial charge is 0.482 e. The van der Waals surface area contributed by atoms with E-state index in [1.54, 1.807) is 54.7 Å². The second-order valence-electron chi connectivity index (χ2n) is 17.2. The van der Waals surface area contributed by atoms with Crippen LogP contribution in [0, 0.1) is 35.8 Å². The third-order valence-corrected chi connectivity index (χ3v) is 12.6. The van der Waals surface area contributed by atoms with Crippen LogP contribution in [0.2, 0.25) is 0 Å². The summed E-state index contributed by atoms with van der Waals surface area (Å²) in [5.74, 6) is 0.592. The van der Waals surface area contributed by atoms with E-state index in [2.05, 4.69) is 25.7 Å². The maximum absolute atomic E-state index is 15.7. The van der Waals surface area contributed by atoms with Crippen molar-refractivity contribution in [2.75, 3.05) is 11.5 Å². The van der Waals surface area contributed by atoms with Gasteiger partial charge in [-0.1, -0.05) is 6.07 Å². The first-order chi connectivity index (χ1) is 31.5. The fourth-order valence-electron chi connectivity index (χ4n) is 9.31. The van der Waals surface area contributed by atoms with Gasteiger partial charge in [0.1, 0.15) is 29.9 Å². The number of aromatic nitrogens is 9. The molecular weight excluding hydrogens is 827 g/mol. The Hall–Kier alpha value is -7.93. The molecule has 0 amide bonds. The van der Waals surface area contributed by atoms with Crippen LogP contribution in [-0.2, 0) is 33.0 Å². The molecule has 8 aromatic rings. The molecule has 8 heterocycles. The standard InChI is InChI=1S/C49H42F2N12O2/c1-25-37-12-32-22-61(3)60-45(32)36-9-7-34(51)16-39(36)41(65-43-13-29(19-56-49(43)54)46(37)63(59-25)21-27-4-5-27)11-28-10-31-23-62-24-58-40(17-52)47(62)30-14-42(48(53)57-20-30)64-26(2)38-15-33(50)6-8-35(38)44(31)55-18-28/h6-10,13-16,18-20,22,24,26-27,41H,4-5,11-12,21,23H2,1-3H3,(H2,53,57)(H2,54,56)/t26-,41-/m1/s1. The Morgan fingerprint density at radius 2 is 1.49 bits per heavy atom. The maximum Gasteiger partial charge on any atom is 0.166 e. The van der Waals surface area contributed by atoms with Crippen molar-refractivity contribution >= 4 is 11.6 Å². The Morgan fingerprint density at radius 1 is 0.800 bits per heavy atom. The van der Waals surface area contributed by atoms with Crippen LogP contribution in [-0.4, -0.2) is 44.1 Å². The monoisotopic (exact) mass is 868 g/mol. The lowest BCUT2D eigenvalue weighted by atomic mass is 9.91. The number of rotatable bonds is 4. The number of halogens is 2. The molecule has 0 unspecified atom stereocenters. The normalized spacial score (nSPS) is 16.2. The summed E-state index contributed by atoms with van der Waals surface area (Å²) in [6.45, 7) is 4.82. The molecule has 1 saturated carbocycles. The second kappa shape index (κ2) is 15.4. The Kier molecular flexibility index (Phi) is 9.45. The minimum Gasteiger partial charge on any atom is -0.482 e. The molecule has 11 rings (SSSR count). The molecule has 0 saturated heterocycles. The van der Waals surface area contributed by atoms with Crippen molar-refractivity contribution in [2.45, 2.75) is 64.8 Å². The van der Waals surface area contributed by atoms with E-state index in [0.29, 0.717) is 63.0 Å². The van der Waals surface area contributed by atoms with Gasteiger partial charge in [0.2, 0.25) is 0 Å². The summed E-state index contributed by atoms with van der Waals surface area (Å²) >= 11 is 0. The van der Waals surface area contributed by atoms with Crippen molar-refractivity contribution in [3.8, 4) is 62.6 Å². The number of pyridine rings is 3. The van der Waals surface area contributed by atoms with Crippen molar-refractivity contribution in [3.63, 3.8) is 0 Å². The summed E-state index contributed by atoms with van der Waals surface area (Å²) < 4.78 is 49.9. The predicted molar refractivity (Wildman–Crippen MR) is 238 cm³/mol. The van der Waals surface area contributed by atoms with Crippen molar-refractivity contribution in [1.82, 2.24) is 44.1 Å². The highest BCUT2D eigenvalue weighted by molar-refractivity contribution is 5.74. The minimum atomic E-state index is -0.832. The summed E-state index contributed by atoms with van der Waals surface area (Å²) in [7, 11) is 1.88. The number of hydrogen-bond acceptors (Lipinski definition) is 11. The summed E-state index contributed by atoms with van der Waals surface area (Å²) in [5, 5.41) is 20.2. The molecule has 1 fully saturated rings. The lowest BCUT2D eigenvalue weighted by Gasteiger charge is -2.25. The van der Waals surface area contributed by atoms with Gasteiger partial charge in [-0.15, -0.1) is 0 Å². The topological polar surface area (TPSA) is 186 Å². The highest BCUT2D eigenvalue weighted by Crippen LogP contribution is 2.43. The third-order valence-electron chi connectivity index (χ3n) is 12.6. The Morgan fingerprint density at radius 3 is 2.22 bits per heavy atom. The Balaban J connectivity index is 1.09. The number of anilines is 2. The van der Waals surface area contributed by atoms with Gasteiger partial charge in [0.25, 0.3) is 0 Å². The summed E-state index contributed by atoms with van der Waals surface area (Å²) in [4.78, 5) is 18.6. The quantitative estimate of drug-likeness (QED) is 0.173. The zero-order chi connectivity index (χ0) is 44.7. The van der Waals surface area contributed by atoms with Crippen LogP contribution in [0.25, 0.3) is 45.0 Å². The van der Waals surface area contributed by atoms with Gasteiger partial charge in [0.15, 0.2) is 28.8 Å². The zero-order valence-electron chi connectivity index (χ0n) is 35.8. The van der Waals surface area contributed by atoms with Crippen molar-refractivity contribution in [1.29, 1.82) is 5.26 Å². The van der Waals surface area contributed by atoms with E-state index >= 15 is 8.78 Å². The average Bonchev–Trinajstić information content (AvgIpc) is 3.78. The average molecular weight is 869 g/mol.